The van der Waals surface area contributed by atoms with Gasteiger partial charge in [0, 0.05) is 30.2 Å². The Morgan fingerprint density at radius 1 is 0.939 bits per heavy atom. The van der Waals surface area contributed by atoms with Crippen molar-refractivity contribution in [3.05, 3.63) is 96.4 Å². The predicted molar refractivity (Wildman–Crippen MR) is 131 cm³/mol. The van der Waals surface area contributed by atoms with Crippen molar-refractivity contribution in [1.29, 1.82) is 0 Å². The van der Waals surface area contributed by atoms with E-state index in [1.807, 2.05) is 85.3 Å². The monoisotopic (exact) mass is 433 g/mol. The largest absolute Gasteiger partial charge is 0.322 e. The number of hydrogen-bond donors (Lipinski definition) is 1. The minimum atomic E-state index is -0.190. The Morgan fingerprint density at radius 3 is 2.48 bits per heavy atom. The molecule has 0 fully saturated rings. The van der Waals surface area contributed by atoms with Crippen LogP contribution in [-0.4, -0.2) is 25.7 Å². The summed E-state index contributed by atoms with van der Waals surface area (Å²) in [7, 11) is 0. The number of nitrogens with zero attached hydrogens (tertiary/aromatic N) is 4. The van der Waals surface area contributed by atoms with Gasteiger partial charge in [-0.15, -0.1) is 0 Å². The highest BCUT2D eigenvalue weighted by Crippen LogP contribution is 2.28. The molecule has 3 aromatic heterocycles. The molecule has 1 N–H and O–H groups in total. The van der Waals surface area contributed by atoms with Gasteiger partial charge in [0.25, 0.3) is 5.91 Å². The molecule has 0 radical (unpaired) electrons. The van der Waals surface area contributed by atoms with Crippen molar-refractivity contribution in [2.45, 2.75) is 20.4 Å². The molecular formula is C27H23N5O. The number of amides is 1. The van der Waals surface area contributed by atoms with Gasteiger partial charge < -0.3 is 5.32 Å². The number of fused-ring (bicyclic) bond motifs is 1. The zero-order chi connectivity index (χ0) is 22.8. The highest BCUT2D eigenvalue weighted by Gasteiger charge is 2.18. The van der Waals surface area contributed by atoms with Gasteiger partial charge in [-0.3, -0.25) is 9.78 Å². The molecule has 0 saturated carbocycles. The number of carbonyl (C=O) groups excluding carboxylic acids is 1. The molecule has 162 valence electrons. The van der Waals surface area contributed by atoms with Crippen LogP contribution in [0.25, 0.3) is 33.4 Å². The first-order valence-corrected chi connectivity index (χ1v) is 10.9. The van der Waals surface area contributed by atoms with Gasteiger partial charge in [-0.1, -0.05) is 42.5 Å². The number of pyridine rings is 2. The van der Waals surface area contributed by atoms with E-state index >= 15 is 0 Å². The van der Waals surface area contributed by atoms with Crippen molar-refractivity contribution in [2.75, 3.05) is 5.32 Å². The predicted octanol–water partition coefficient (Wildman–Crippen LogP) is 5.74. The Morgan fingerprint density at radius 2 is 1.73 bits per heavy atom. The highest BCUT2D eigenvalue weighted by molar-refractivity contribution is 6.13. The summed E-state index contributed by atoms with van der Waals surface area (Å²) in [6.07, 6.45) is 5.24. The summed E-state index contributed by atoms with van der Waals surface area (Å²) in [6.45, 7) is 4.67. The van der Waals surface area contributed by atoms with Crippen molar-refractivity contribution in [1.82, 2.24) is 19.7 Å². The summed E-state index contributed by atoms with van der Waals surface area (Å²) in [5.41, 5.74) is 6.75. The first kappa shape index (κ1) is 20.6. The smallest absolute Gasteiger partial charge is 0.256 e. The van der Waals surface area contributed by atoms with E-state index in [0.717, 1.165) is 39.0 Å². The van der Waals surface area contributed by atoms with Gasteiger partial charge >= 0.3 is 0 Å². The van der Waals surface area contributed by atoms with E-state index in [1.54, 1.807) is 18.6 Å². The maximum atomic E-state index is 13.5. The van der Waals surface area contributed by atoms with Crippen molar-refractivity contribution in [3.8, 4) is 22.4 Å². The fourth-order valence-electron chi connectivity index (χ4n) is 3.89. The quantitative estimate of drug-likeness (QED) is 0.384. The third-order valence-corrected chi connectivity index (χ3v) is 5.72. The van der Waals surface area contributed by atoms with Crippen LogP contribution >= 0.6 is 0 Å². The lowest BCUT2D eigenvalue weighted by Crippen LogP contribution is -2.14. The number of benzene rings is 2. The Kier molecular flexibility index (Phi) is 5.40. The van der Waals surface area contributed by atoms with Crippen LogP contribution in [0.1, 0.15) is 22.8 Å². The van der Waals surface area contributed by atoms with Gasteiger partial charge in [-0.05, 0) is 54.8 Å². The molecule has 1 amide bonds. The average Bonchev–Trinajstić information content (AvgIpc) is 3.29. The lowest BCUT2D eigenvalue weighted by molar-refractivity contribution is 0.102. The van der Waals surface area contributed by atoms with Crippen LogP contribution in [0.4, 0.5) is 5.69 Å². The Labute approximate surface area is 192 Å². The first-order valence-electron chi connectivity index (χ1n) is 10.9. The molecule has 0 aliphatic carbocycles. The molecule has 6 nitrogen and oxygen atoms in total. The van der Waals surface area contributed by atoms with Crippen LogP contribution in [-0.2, 0) is 6.54 Å². The fraction of sp³-hybridized carbons (Fsp3) is 0.111. The number of hydrogen-bond acceptors (Lipinski definition) is 4. The minimum Gasteiger partial charge on any atom is -0.322 e. The second kappa shape index (κ2) is 8.67. The normalized spacial score (nSPS) is 11.0. The van der Waals surface area contributed by atoms with Crippen LogP contribution in [0.2, 0.25) is 0 Å². The van der Waals surface area contributed by atoms with E-state index in [0.29, 0.717) is 17.8 Å². The fourth-order valence-corrected chi connectivity index (χ4v) is 3.89. The van der Waals surface area contributed by atoms with E-state index in [4.69, 9.17) is 4.98 Å². The van der Waals surface area contributed by atoms with E-state index in [2.05, 4.69) is 15.4 Å². The number of nitrogens with one attached hydrogen (secondary N) is 1. The summed E-state index contributed by atoms with van der Waals surface area (Å²) < 4.78 is 1.81. The second-order valence-electron chi connectivity index (χ2n) is 7.84. The second-order valence-corrected chi connectivity index (χ2v) is 7.84. The summed E-state index contributed by atoms with van der Waals surface area (Å²) in [5.74, 6) is -0.190. The number of aromatic nitrogens is 4. The number of carbonyl (C=O) groups is 1. The zero-order valence-electron chi connectivity index (χ0n) is 18.5. The summed E-state index contributed by atoms with van der Waals surface area (Å²) >= 11 is 0. The highest BCUT2D eigenvalue weighted by atomic mass is 16.1. The standard InChI is InChI=1S/C27H23N5O/c1-3-32-26-23(17-29-32)22(16-25(30-26)20-7-5-4-6-8-20)27(33)31-24-15-21(10-9-18(24)2)19-11-13-28-14-12-19/h4-17H,3H2,1-2H3,(H,31,33). The van der Waals surface area contributed by atoms with Crippen molar-refractivity contribution < 1.29 is 4.79 Å². The molecule has 6 heteroatoms. The summed E-state index contributed by atoms with van der Waals surface area (Å²) in [5, 5.41) is 8.29. The van der Waals surface area contributed by atoms with Gasteiger partial charge in [0.05, 0.1) is 22.8 Å². The molecule has 0 atom stereocenters. The molecule has 5 aromatic rings. The molecular weight excluding hydrogens is 410 g/mol. The van der Waals surface area contributed by atoms with Gasteiger partial charge in [-0.2, -0.15) is 5.10 Å². The van der Waals surface area contributed by atoms with Crippen LogP contribution < -0.4 is 5.32 Å². The Balaban J connectivity index is 1.57. The molecule has 0 saturated heterocycles. The lowest BCUT2D eigenvalue weighted by Gasteiger charge is -2.13. The van der Waals surface area contributed by atoms with Gasteiger partial charge in [-0.25, -0.2) is 9.67 Å². The van der Waals surface area contributed by atoms with Crippen molar-refractivity contribution in [2.24, 2.45) is 0 Å². The molecule has 0 unspecified atom stereocenters. The molecule has 3 heterocycles. The maximum absolute atomic E-state index is 13.5. The molecule has 5 rings (SSSR count). The third kappa shape index (κ3) is 3.99. The van der Waals surface area contributed by atoms with E-state index in [1.165, 1.54) is 0 Å². The van der Waals surface area contributed by atoms with Crippen LogP contribution in [0.15, 0.2) is 85.3 Å². The van der Waals surface area contributed by atoms with Crippen LogP contribution in [0, 0.1) is 6.92 Å². The number of rotatable bonds is 5. The van der Waals surface area contributed by atoms with E-state index in [-0.39, 0.29) is 5.91 Å². The van der Waals surface area contributed by atoms with Gasteiger partial charge in [0.15, 0.2) is 5.65 Å². The Hall–Kier alpha value is -4.32. The molecule has 0 spiro atoms. The van der Waals surface area contributed by atoms with E-state index in [9.17, 15) is 4.79 Å². The topological polar surface area (TPSA) is 72.7 Å². The van der Waals surface area contributed by atoms with E-state index < -0.39 is 0 Å². The van der Waals surface area contributed by atoms with Crippen molar-refractivity contribution >= 4 is 22.6 Å². The number of anilines is 1. The summed E-state index contributed by atoms with van der Waals surface area (Å²) in [6, 6.07) is 21.7. The SMILES string of the molecule is CCn1ncc2c(C(=O)Nc3cc(-c4ccncc4)ccc3C)cc(-c3ccccc3)nc21. The average molecular weight is 434 g/mol. The molecule has 0 bridgehead atoms. The molecule has 33 heavy (non-hydrogen) atoms. The van der Waals surface area contributed by atoms with Gasteiger partial charge in [0.2, 0.25) is 0 Å². The third-order valence-electron chi connectivity index (χ3n) is 5.72. The summed E-state index contributed by atoms with van der Waals surface area (Å²) in [4.78, 5) is 22.4. The lowest BCUT2D eigenvalue weighted by atomic mass is 10.0. The maximum Gasteiger partial charge on any atom is 0.256 e. The van der Waals surface area contributed by atoms with Crippen molar-refractivity contribution in [3.63, 3.8) is 0 Å². The Bertz CT molecular complexity index is 1440. The minimum absolute atomic E-state index is 0.190. The molecule has 0 aliphatic rings. The zero-order valence-corrected chi connectivity index (χ0v) is 18.5. The first-order chi connectivity index (χ1) is 16.1. The van der Waals surface area contributed by atoms with Gasteiger partial charge in [0.1, 0.15) is 0 Å². The molecule has 2 aromatic carbocycles. The molecule has 0 aliphatic heterocycles. The van der Waals surface area contributed by atoms with Crippen LogP contribution in [0.3, 0.4) is 0 Å². The van der Waals surface area contributed by atoms with Crippen LogP contribution in [0.5, 0.6) is 0 Å². The number of aryl methyl sites for hydroxylation is 2.